The largest absolute Gasteiger partial charge is 0.496 e. The topological polar surface area (TPSA) is 18.5 Å². The molecular weight excluding hydrogens is 272 g/mol. The quantitative estimate of drug-likeness (QED) is 0.478. The van der Waals surface area contributed by atoms with Gasteiger partial charge in [0, 0.05) is 11.5 Å². The molecule has 0 radical (unpaired) electrons. The van der Waals surface area contributed by atoms with E-state index in [4.69, 9.17) is 9.47 Å². The zero-order chi connectivity index (χ0) is 15.9. The van der Waals surface area contributed by atoms with E-state index in [0.29, 0.717) is 5.92 Å². The zero-order valence-electron chi connectivity index (χ0n) is 14.6. The average molecular weight is 302 g/mol. The molecule has 1 aromatic rings. The van der Waals surface area contributed by atoms with Gasteiger partial charge in [0.2, 0.25) is 0 Å². The summed E-state index contributed by atoms with van der Waals surface area (Å²) in [7, 11) is 3.54. The highest BCUT2D eigenvalue weighted by molar-refractivity contribution is 5.52. The molecule has 1 aliphatic rings. The molecule has 0 aliphatic heterocycles. The molecule has 0 unspecified atom stereocenters. The smallest absolute Gasteiger partial charge is 0.126 e. The molecule has 2 nitrogen and oxygen atoms in total. The Hall–Kier alpha value is -1.44. The molecule has 1 atom stereocenters. The molecule has 2 heteroatoms. The van der Waals surface area contributed by atoms with Crippen LogP contribution >= 0.6 is 0 Å². The van der Waals surface area contributed by atoms with Crippen LogP contribution in [0.5, 0.6) is 11.5 Å². The van der Waals surface area contributed by atoms with Crippen LogP contribution in [0, 0.1) is 0 Å². The zero-order valence-corrected chi connectivity index (χ0v) is 14.6. The summed E-state index contributed by atoms with van der Waals surface area (Å²) < 4.78 is 11.4. The van der Waals surface area contributed by atoms with Gasteiger partial charge in [-0.25, -0.2) is 0 Å². The standard InChI is InChI=1S/C20H30O2/c1-5-6-7-10-16-13-18(21-3)20(19(14-16)22-4)17-11-8-9-15(2)12-17/h12-14,17H,5-11H2,1-4H3/t17-/m0/s1. The maximum atomic E-state index is 5.71. The minimum atomic E-state index is 0.420. The van der Waals surface area contributed by atoms with Crippen LogP contribution in [-0.2, 0) is 6.42 Å². The van der Waals surface area contributed by atoms with Crippen molar-refractivity contribution in [1.82, 2.24) is 0 Å². The number of methoxy groups -OCH3 is 2. The third-order valence-corrected chi connectivity index (χ3v) is 4.62. The van der Waals surface area contributed by atoms with E-state index in [1.165, 1.54) is 55.2 Å². The Labute approximate surface area is 135 Å². The Morgan fingerprint density at radius 1 is 1.09 bits per heavy atom. The summed E-state index contributed by atoms with van der Waals surface area (Å²) in [5.41, 5.74) is 4.03. The summed E-state index contributed by atoms with van der Waals surface area (Å²) in [5.74, 6) is 2.40. The second-order valence-corrected chi connectivity index (χ2v) is 6.38. The van der Waals surface area contributed by atoms with Crippen molar-refractivity contribution in [2.24, 2.45) is 0 Å². The van der Waals surface area contributed by atoms with Crippen LogP contribution in [0.4, 0.5) is 0 Å². The highest BCUT2D eigenvalue weighted by Gasteiger charge is 2.22. The van der Waals surface area contributed by atoms with E-state index >= 15 is 0 Å². The van der Waals surface area contributed by atoms with Gasteiger partial charge < -0.3 is 9.47 Å². The molecule has 0 amide bonds. The Balaban J connectivity index is 2.33. The van der Waals surface area contributed by atoms with Crippen molar-refractivity contribution in [3.8, 4) is 11.5 Å². The van der Waals surface area contributed by atoms with Crippen molar-refractivity contribution in [3.63, 3.8) is 0 Å². The fourth-order valence-corrected chi connectivity index (χ4v) is 3.42. The summed E-state index contributed by atoms with van der Waals surface area (Å²) in [5, 5.41) is 0. The molecule has 0 N–H and O–H groups in total. The molecule has 2 rings (SSSR count). The second kappa shape index (κ2) is 8.26. The van der Waals surface area contributed by atoms with E-state index in [1.54, 1.807) is 14.2 Å². The average Bonchev–Trinajstić information content (AvgIpc) is 2.54. The lowest BCUT2D eigenvalue weighted by Crippen LogP contribution is -2.07. The molecule has 0 saturated carbocycles. The van der Waals surface area contributed by atoms with Crippen molar-refractivity contribution >= 4 is 0 Å². The van der Waals surface area contributed by atoms with Crippen molar-refractivity contribution in [2.45, 2.75) is 64.7 Å². The summed E-state index contributed by atoms with van der Waals surface area (Å²) in [6.07, 6.45) is 10.9. The number of unbranched alkanes of at least 4 members (excludes halogenated alkanes) is 2. The molecule has 22 heavy (non-hydrogen) atoms. The number of aryl methyl sites for hydroxylation is 1. The maximum Gasteiger partial charge on any atom is 0.126 e. The lowest BCUT2D eigenvalue weighted by Gasteiger charge is -2.24. The van der Waals surface area contributed by atoms with Crippen LogP contribution in [0.15, 0.2) is 23.8 Å². The van der Waals surface area contributed by atoms with Crippen LogP contribution in [0.2, 0.25) is 0 Å². The minimum Gasteiger partial charge on any atom is -0.496 e. The van der Waals surface area contributed by atoms with E-state index < -0.39 is 0 Å². The first-order valence-electron chi connectivity index (χ1n) is 8.61. The highest BCUT2D eigenvalue weighted by atomic mass is 16.5. The number of benzene rings is 1. The van der Waals surface area contributed by atoms with Gasteiger partial charge >= 0.3 is 0 Å². The van der Waals surface area contributed by atoms with Crippen molar-refractivity contribution in [1.29, 1.82) is 0 Å². The Kier molecular flexibility index (Phi) is 6.35. The Morgan fingerprint density at radius 3 is 2.32 bits per heavy atom. The van der Waals surface area contributed by atoms with Crippen molar-refractivity contribution in [3.05, 3.63) is 34.9 Å². The fourth-order valence-electron chi connectivity index (χ4n) is 3.42. The first-order chi connectivity index (χ1) is 10.7. The number of rotatable bonds is 7. The molecule has 0 fully saturated rings. The van der Waals surface area contributed by atoms with E-state index in [0.717, 1.165) is 17.9 Å². The van der Waals surface area contributed by atoms with Crippen molar-refractivity contribution < 1.29 is 9.47 Å². The molecule has 0 saturated heterocycles. The molecule has 0 spiro atoms. The third-order valence-electron chi connectivity index (χ3n) is 4.62. The Bertz CT molecular complexity index is 491. The van der Waals surface area contributed by atoms with Crippen LogP contribution < -0.4 is 9.47 Å². The number of hydrogen-bond donors (Lipinski definition) is 0. The molecule has 1 aliphatic carbocycles. The van der Waals surface area contributed by atoms with Gasteiger partial charge in [-0.1, -0.05) is 31.4 Å². The predicted molar refractivity (Wildman–Crippen MR) is 93.1 cm³/mol. The molecule has 0 bridgehead atoms. The lowest BCUT2D eigenvalue weighted by molar-refractivity contribution is 0.378. The maximum absolute atomic E-state index is 5.71. The van der Waals surface area contributed by atoms with Gasteiger partial charge in [0.15, 0.2) is 0 Å². The second-order valence-electron chi connectivity index (χ2n) is 6.38. The highest BCUT2D eigenvalue weighted by Crippen LogP contribution is 2.42. The van der Waals surface area contributed by atoms with Gasteiger partial charge in [-0.3, -0.25) is 0 Å². The minimum absolute atomic E-state index is 0.420. The predicted octanol–water partition coefficient (Wildman–Crippen LogP) is 5.65. The van der Waals surface area contributed by atoms with Crippen LogP contribution in [-0.4, -0.2) is 14.2 Å². The van der Waals surface area contributed by atoms with Gasteiger partial charge in [0.1, 0.15) is 11.5 Å². The first kappa shape index (κ1) is 16.9. The molecule has 1 aromatic carbocycles. The van der Waals surface area contributed by atoms with Crippen molar-refractivity contribution in [2.75, 3.05) is 14.2 Å². The monoisotopic (exact) mass is 302 g/mol. The van der Waals surface area contributed by atoms with E-state index in [-0.39, 0.29) is 0 Å². The van der Waals surface area contributed by atoms with Gasteiger partial charge in [-0.15, -0.1) is 0 Å². The fraction of sp³-hybridized carbons (Fsp3) is 0.600. The van der Waals surface area contributed by atoms with E-state index in [9.17, 15) is 0 Å². The van der Waals surface area contributed by atoms with Gasteiger partial charge in [-0.2, -0.15) is 0 Å². The lowest BCUT2D eigenvalue weighted by atomic mass is 9.84. The number of ether oxygens (including phenoxy) is 2. The first-order valence-corrected chi connectivity index (χ1v) is 8.61. The Morgan fingerprint density at radius 2 is 1.77 bits per heavy atom. The summed E-state index contributed by atoms with van der Waals surface area (Å²) in [6.45, 7) is 4.46. The molecule has 0 aromatic heterocycles. The molecular formula is C20H30O2. The normalized spacial score (nSPS) is 18.0. The van der Waals surface area contributed by atoms with Gasteiger partial charge in [-0.05, 0) is 56.7 Å². The van der Waals surface area contributed by atoms with Crippen LogP contribution in [0.3, 0.4) is 0 Å². The van der Waals surface area contributed by atoms with Gasteiger partial charge in [0.05, 0.1) is 14.2 Å². The van der Waals surface area contributed by atoms with E-state index in [1.807, 2.05) is 0 Å². The third kappa shape index (κ3) is 4.06. The molecule has 122 valence electrons. The van der Waals surface area contributed by atoms with Crippen LogP contribution in [0.1, 0.15) is 69.4 Å². The molecule has 0 heterocycles. The van der Waals surface area contributed by atoms with Crippen LogP contribution in [0.25, 0.3) is 0 Å². The SMILES string of the molecule is CCCCCc1cc(OC)c([C@@H]2C=C(C)CCC2)c(OC)c1. The number of hydrogen-bond acceptors (Lipinski definition) is 2. The summed E-state index contributed by atoms with van der Waals surface area (Å²) >= 11 is 0. The van der Waals surface area contributed by atoms with Gasteiger partial charge in [0.25, 0.3) is 0 Å². The number of allylic oxidation sites excluding steroid dienone is 2. The summed E-state index contributed by atoms with van der Waals surface area (Å²) in [4.78, 5) is 0. The summed E-state index contributed by atoms with van der Waals surface area (Å²) in [6, 6.07) is 4.43. The van der Waals surface area contributed by atoms with E-state index in [2.05, 4.69) is 32.1 Å².